The van der Waals surface area contributed by atoms with Gasteiger partial charge in [-0.15, -0.1) is 0 Å². The number of carbonyl (C=O) groups excluding carboxylic acids is 1. The molecule has 0 fully saturated rings. The highest BCUT2D eigenvalue weighted by Gasteiger charge is 2.15. The Morgan fingerprint density at radius 3 is 2.38 bits per heavy atom. The maximum atomic E-state index is 11.7. The number of carboxylic acids is 1. The monoisotopic (exact) mass is 229 g/mol. The maximum Gasteiger partial charge on any atom is 0.303 e. The second-order valence-corrected chi connectivity index (χ2v) is 4.43. The van der Waals surface area contributed by atoms with Crippen molar-refractivity contribution in [2.45, 2.75) is 46.0 Å². The molecule has 4 heteroatoms. The van der Waals surface area contributed by atoms with Gasteiger partial charge in [-0.2, -0.15) is 0 Å². The summed E-state index contributed by atoms with van der Waals surface area (Å²) in [5.41, 5.74) is 0. The molecule has 1 atom stereocenters. The van der Waals surface area contributed by atoms with Crippen molar-refractivity contribution in [2.75, 3.05) is 13.6 Å². The molecule has 1 amide bonds. The number of hydrogen-bond donors (Lipinski definition) is 1. The summed E-state index contributed by atoms with van der Waals surface area (Å²) in [4.78, 5) is 23.8. The van der Waals surface area contributed by atoms with Gasteiger partial charge in [0, 0.05) is 26.4 Å². The molecule has 0 bridgehead atoms. The summed E-state index contributed by atoms with van der Waals surface area (Å²) in [7, 11) is 1.78. The van der Waals surface area contributed by atoms with E-state index in [0.29, 0.717) is 6.42 Å². The van der Waals surface area contributed by atoms with E-state index in [9.17, 15) is 9.59 Å². The molecule has 0 spiro atoms. The summed E-state index contributed by atoms with van der Waals surface area (Å²) in [6, 6.07) is 0. The van der Waals surface area contributed by atoms with E-state index >= 15 is 0 Å². The zero-order chi connectivity index (χ0) is 12.6. The molecule has 4 nitrogen and oxygen atoms in total. The normalized spacial score (nSPS) is 12.2. The predicted octanol–water partition coefficient (Wildman–Crippen LogP) is 2.14. The minimum Gasteiger partial charge on any atom is -0.481 e. The molecule has 0 aliphatic carbocycles. The Morgan fingerprint density at radius 2 is 1.88 bits per heavy atom. The molecule has 0 aromatic heterocycles. The van der Waals surface area contributed by atoms with Crippen LogP contribution in [0.3, 0.4) is 0 Å². The van der Waals surface area contributed by atoms with Gasteiger partial charge < -0.3 is 10.0 Å². The van der Waals surface area contributed by atoms with Gasteiger partial charge in [0.05, 0.1) is 0 Å². The van der Waals surface area contributed by atoms with Crippen molar-refractivity contribution in [2.24, 2.45) is 5.92 Å². The van der Waals surface area contributed by atoms with Gasteiger partial charge in [-0.05, 0) is 12.3 Å². The Balaban J connectivity index is 3.81. The van der Waals surface area contributed by atoms with Crippen LogP contribution in [0.15, 0.2) is 0 Å². The van der Waals surface area contributed by atoms with Gasteiger partial charge >= 0.3 is 5.97 Å². The minimum absolute atomic E-state index is 0.0462. The number of nitrogens with zero attached hydrogens (tertiary/aromatic N) is 1. The van der Waals surface area contributed by atoms with Crippen LogP contribution in [0.25, 0.3) is 0 Å². The lowest BCUT2D eigenvalue weighted by atomic mass is 10.0. The van der Waals surface area contributed by atoms with Crippen molar-refractivity contribution in [1.82, 2.24) is 4.90 Å². The summed E-state index contributed by atoms with van der Waals surface area (Å²) in [5.74, 6) is -0.877. The van der Waals surface area contributed by atoms with Crippen LogP contribution in [0.2, 0.25) is 0 Å². The van der Waals surface area contributed by atoms with Crippen molar-refractivity contribution in [3.05, 3.63) is 0 Å². The van der Waals surface area contributed by atoms with E-state index < -0.39 is 5.97 Å². The van der Waals surface area contributed by atoms with Crippen molar-refractivity contribution in [1.29, 1.82) is 0 Å². The fourth-order valence-corrected chi connectivity index (χ4v) is 1.55. The van der Waals surface area contributed by atoms with Crippen LogP contribution < -0.4 is 0 Å². The molecule has 0 radical (unpaired) electrons. The third kappa shape index (κ3) is 7.26. The average molecular weight is 229 g/mol. The number of hydrogen-bond acceptors (Lipinski definition) is 2. The van der Waals surface area contributed by atoms with Crippen LogP contribution in [0.5, 0.6) is 0 Å². The maximum absolute atomic E-state index is 11.7. The Hall–Kier alpha value is -1.06. The van der Waals surface area contributed by atoms with E-state index in [1.54, 1.807) is 18.9 Å². The Morgan fingerprint density at radius 1 is 1.25 bits per heavy atom. The van der Waals surface area contributed by atoms with Gasteiger partial charge in [0.15, 0.2) is 0 Å². The van der Waals surface area contributed by atoms with E-state index in [1.165, 1.54) is 0 Å². The predicted molar refractivity (Wildman–Crippen MR) is 63.2 cm³/mol. The van der Waals surface area contributed by atoms with Crippen LogP contribution in [-0.2, 0) is 9.59 Å². The number of carboxylic acid groups (broad SMARTS) is 1. The standard InChI is InChI=1S/C12H23NO3/c1-4-5-6-7-13(3)11(14)8-10(2)9-12(15)16/h10H,4-9H2,1-3H3,(H,15,16). The number of carbonyl (C=O) groups is 2. The molecular formula is C12H23NO3. The topological polar surface area (TPSA) is 57.6 Å². The Kier molecular flexibility index (Phi) is 7.60. The van der Waals surface area contributed by atoms with E-state index in [1.807, 2.05) is 0 Å². The lowest BCUT2D eigenvalue weighted by Gasteiger charge is -2.18. The van der Waals surface area contributed by atoms with Crippen molar-refractivity contribution in [3.63, 3.8) is 0 Å². The fraction of sp³-hybridized carbons (Fsp3) is 0.833. The third-order valence-corrected chi connectivity index (χ3v) is 2.57. The van der Waals surface area contributed by atoms with E-state index in [0.717, 1.165) is 25.8 Å². The van der Waals surface area contributed by atoms with Crippen molar-refractivity contribution < 1.29 is 14.7 Å². The molecule has 1 N–H and O–H groups in total. The fourth-order valence-electron chi connectivity index (χ4n) is 1.55. The third-order valence-electron chi connectivity index (χ3n) is 2.57. The van der Waals surface area contributed by atoms with Crippen LogP contribution in [0, 0.1) is 5.92 Å². The summed E-state index contributed by atoms with van der Waals surface area (Å²) in [5, 5.41) is 8.58. The number of aliphatic carboxylic acids is 1. The first kappa shape index (κ1) is 14.9. The first-order valence-corrected chi connectivity index (χ1v) is 5.93. The van der Waals surface area contributed by atoms with Crippen LogP contribution >= 0.6 is 0 Å². The van der Waals surface area contributed by atoms with Crippen LogP contribution in [0.1, 0.15) is 46.0 Å². The van der Waals surface area contributed by atoms with Gasteiger partial charge in [0.2, 0.25) is 5.91 Å². The molecule has 0 aliphatic rings. The Bertz CT molecular complexity index is 228. The average Bonchev–Trinajstić information content (AvgIpc) is 2.16. The molecule has 0 aliphatic heterocycles. The quantitative estimate of drug-likeness (QED) is 0.649. The summed E-state index contributed by atoms with van der Waals surface area (Å²) in [6.07, 6.45) is 3.68. The molecule has 1 unspecified atom stereocenters. The zero-order valence-electron chi connectivity index (χ0n) is 10.5. The highest BCUT2D eigenvalue weighted by Crippen LogP contribution is 2.09. The van der Waals surface area contributed by atoms with Gasteiger partial charge in [-0.3, -0.25) is 9.59 Å². The summed E-state index contributed by atoms with van der Waals surface area (Å²) >= 11 is 0. The molecule has 16 heavy (non-hydrogen) atoms. The van der Waals surface area contributed by atoms with E-state index in [2.05, 4.69) is 6.92 Å². The minimum atomic E-state index is -0.839. The summed E-state index contributed by atoms with van der Waals surface area (Å²) in [6.45, 7) is 4.69. The lowest BCUT2D eigenvalue weighted by molar-refractivity contribution is -0.138. The highest BCUT2D eigenvalue weighted by molar-refractivity contribution is 5.77. The molecular weight excluding hydrogens is 206 g/mol. The zero-order valence-corrected chi connectivity index (χ0v) is 10.5. The van der Waals surface area contributed by atoms with E-state index in [-0.39, 0.29) is 18.2 Å². The second-order valence-electron chi connectivity index (χ2n) is 4.43. The smallest absolute Gasteiger partial charge is 0.303 e. The van der Waals surface area contributed by atoms with Crippen molar-refractivity contribution >= 4 is 11.9 Å². The SMILES string of the molecule is CCCCCN(C)C(=O)CC(C)CC(=O)O. The van der Waals surface area contributed by atoms with Crippen LogP contribution in [0.4, 0.5) is 0 Å². The second kappa shape index (κ2) is 8.13. The van der Waals surface area contributed by atoms with Gasteiger partial charge in [-0.25, -0.2) is 0 Å². The lowest BCUT2D eigenvalue weighted by Crippen LogP contribution is -2.29. The molecule has 0 rings (SSSR count). The molecule has 0 aromatic carbocycles. The van der Waals surface area contributed by atoms with Gasteiger partial charge in [0.25, 0.3) is 0 Å². The largest absolute Gasteiger partial charge is 0.481 e. The number of rotatable bonds is 8. The molecule has 0 saturated carbocycles. The highest BCUT2D eigenvalue weighted by atomic mass is 16.4. The number of amides is 1. The first-order chi connectivity index (χ1) is 7.47. The van der Waals surface area contributed by atoms with Gasteiger partial charge in [-0.1, -0.05) is 26.7 Å². The van der Waals surface area contributed by atoms with E-state index in [4.69, 9.17) is 5.11 Å². The molecule has 0 heterocycles. The van der Waals surface area contributed by atoms with Gasteiger partial charge in [0.1, 0.15) is 0 Å². The van der Waals surface area contributed by atoms with Crippen molar-refractivity contribution in [3.8, 4) is 0 Å². The number of unbranched alkanes of at least 4 members (excludes halogenated alkanes) is 2. The Labute approximate surface area is 97.6 Å². The summed E-state index contributed by atoms with van der Waals surface area (Å²) < 4.78 is 0. The first-order valence-electron chi connectivity index (χ1n) is 5.93. The molecule has 94 valence electrons. The molecule has 0 saturated heterocycles. The van der Waals surface area contributed by atoms with Crippen LogP contribution in [-0.4, -0.2) is 35.5 Å². The molecule has 0 aromatic rings.